The van der Waals surface area contributed by atoms with E-state index in [0.717, 1.165) is 39.3 Å². The highest BCUT2D eigenvalue weighted by Gasteiger charge is 2.62. The summed E-state index contributed by atoms with van der Waals surface area (Å²) in [5.74, 6) is 2.82. The van der Waals surface area contributed by atoms with Crippen LogP contribution < -0.4 is 19.8 Å². The van der Waals surface area contributed by atoms with Crippen molar-refractivity contribution in [3.8, 4) is 17.2 Å². The third-order valence-corrected chi connectivity index (χ3v) is 7.63. The number of fused-ring (bicyclic) bond motifs is 6. The average molecular weight is 434 g/mol. The van der Waals surface area contributed by atoms with Crippen molar-refractivity contribution < 1.29 is 18.9 Å². The molecule has 3 aliphatic rings. The summed E-state index contributed by atoms with van der Waals surface area (Å²) < 4.78 is 25.2. The number of pyridine rings is 1. The van der Waals surface area contributed by atoms with Gasteiger partial charge in [0.15, 0.2) is 11.5 Å². The third-order valence-electron chi connectivity index (χ3n) is 7.63. The van der Waals surface area contributed by atoms with Crippen LogP contribution >= 0.6 is 0 Å². The summed E-state index contributed by atoms with van der Waals surface area (Å²) in [5, 5.41) is 0.982. The monoisotopic (exact) mass is 433 g/mol. The topological polar surface area (TPSA) is 58.9 Å². The largest absolute Gasteiger partial charge is 0.486 e. The van der Waals surface area contributed by atoms with Crippen LogP contribution in [0.5, 0.6) is 17.2 Å². The maximum absolute atomic E-state index is 13.7. The van der Waals surface area contributed by atoms with E-state index in [4.69, 9.17) is 18.9 Å². The summed E-state index contributed by atoms with van der Waals surface area (Å²) in [6.45, 7) is 5.13. The third kappa shape index (κ3) is 2.53. The van der Waals surface area contributed by atoms with Crippen molar-refractivity contribution in [1.29, 1.82) is 0 Å². The zero-order chi connectivity index (χ0) is 22.2. The number of methoxy groups -OCH3 is 1. The fourth-order valence-electron chi connectivity index (χ4n) is 6.34. The predicted molar refractivity (Wildman–Crippen MR) is 121 cm³/mol. The Bertz CT molecular complexity index is 1290. The number of aromatic nitrogens is 1. The van der Waals surface area contributed by atoms with E-state index >= 15 is 0 Å². The molecule has 3 heterocycles. The van der Waals surface area contributed by atoms with Gasteiger partial charge in [-0.05, 0) is 55.5 Å². The van der Waals surface area contributed by atoms with Crippen molar-refractivity contribution in [1.82, 2.24) is 4.57 Å². The van der Waals surface area contributed by atoms with Crippen LogP contribution in [-0.2, 0) is 11.8 Å². The summed E-state index contributed by atoms with van der Waals surface area (Å²) in [5.41, 5.74) is 2.41. The SMILES string of the molecule is COCC1C(c2ccc3c(c2)OCO3)C2c3c(c4ccccc4n(C)c3=O)OC(C)(C)C12. The first-order chi connectivity index (χ1) is 15.4. The minimum atomic E-state index is -0.428. The Morgan fingerprint density at radius 2 is 1.88 bits per heavy atom. The van der Waals surface area contributed by atoms with Gasteiger partial charge in [0, 0.05) is 31.4 Å². The molecule has 1 aromatic heterocycles. The number of hydrogen-bond donors (Lipinski definition) is 0. The van der Waals surface area contributed by atoms with E-state index < -0.39 is 5.60 Å². The molecule has 0 amide bonds. The van der Waals surface area contributed by atoms with Gasteiger partial charge in [0.2, 0.25) is 6.79 Å². The predicted octanol–water partition coefficient (Wildman–Crippen LogP) is 4.20. The smallest absolute Gasteiger partial charge is 0.258 e. The molecule has 1 saturated carbocycles. The molecule has 0 saturated heterocycles. The standard InChI is InChI=1S/C26H27NO5/c1-26(2)23-16(12-29-4)20(14-9-10-18-19(11-14)31-13-30-18)21(23)22-24(32-26)15-7-5-6-8-17(15)27(3)25(22)28/h5-11,16,20-21,23H,12-13H2,1-4H3. The summed E-state index contributed by atoms with van der Waals surface area (Å²) in [7, 11) is 3.59. The summed E-state index contributed by atoms with van der Waals surface area (Å²) in [6, 6.07) is 14.1. The molecule has 6 nitrogen and oxygen atoms in total. The molecule has 6 heteroatoms. The lowest BCUT2D eigenvalue weighted by Crippen LogP contribution is -2.61. The Morgan fingerprint density at radius 1 is 1.09 bits per heavy atom. The number of hydrogen-bond acceptors (Lipinski definition) is 5. The molecule has 2 aliphatic heterocycles. The molecule has 2 aromatic carbocycles. The van der Waals surface area contributed by atoms with Gasteiger partial charge in [0.05, 0.1) is 17.7 Å². The van der Waals surface area contributed by atoms with E-state index in [1.54, 1.807) is 11.7 Å². The maximum atomic E-state index is 13.7. The Labute approximate surface area is 186 Å². The Balaban J connectivity index is 1.58. The van der Waals surface area contributed by atoms with Crippen LogP contribution in [-0.4, -0.2) is 30.7 Å². The lowest BCUT2D eigenvalue weighted by atomic mass is 9.48. The zero-order valence-electron chi connectivity index (χ0n) is 18.8. The van der Waals surface area contributed by atoms with Gasteiger partial charge in [-0.25, -0.2) is 0 Å². The number of para-hydroxylation sites is 1. The molecule has 0 spiro atoms. The van der Waals surface area contributed by atoms with Crippen LogP contribution in [0.25, 0.3) is 10.9 Å². The van der Waals surface area contributed by atoms with Crippen molar-refractivity contribution in [2.75, 3.05) is 20.5 Å². The molecule has 0 radical (unpaired) electrons. The Kier molecular flexibility index (Phi) is 4.15. The lowest BCUT2D eigenvalue weighted by Gasteiger charge is -2.60. The van der Waals surface area contributed by atoms with Crippen molar-refractivity contribution in [3.63, 3.8) is 0 Å². The van der Waals surface area contributed by atoms with E-state index in [2.05, 4.69) is 26.0 Å². The number of nitrogens with zero attached hydrogens (tertiary/aromatic N) is 1. The number of benzene rings is 2. The van der Waals surface area contributed by atoms with E-state index in [1.165, 1.54) is 0 Å². The first-order valence-corrected chi connectivity index (χ1v) is 11.1. The molecule has 4 atom stereocenters. The van der Waals surface area contributed by atoms with Gasteiger partial charge < -0.3 is 23.5 Å². The molecule has 166 valence electrons. The molecular weight excluding hydrogens is 406 g/mol. The van der Waals surface area contributed by atoms with E-state index in [1.807, 2.05) is 37.4 Å². The molecule has 4 unspecified atom stereocenters. The van der Waals surface area contributed by atoms with Crippen LogP contribution in [0.2, 0.25) is 0 Å². The normalized spacial score (nSPS) is 26.8. The molecule has 6 rings (SSSR count). The van der Waals surface area contributed by atoms with Crippen molar-refractivity contribution in [3.05, 3.63) is 63.9 Å². The molecule has 3 aromatic rings. The lowest BCUT2D eigenvalue weighted by molar-refractivity contribution is -0.109. The zero-order valence-corrected chi connectivity index (χ0v) is 18.8. The van der Waals surface area contributed by atoms with Crippen LogP contribution in [0.4, 0.5) is 0 Å². The highest BCUT2D eigenvalue weighted by Crippen LogP contribution is 2.65. The summed E-state index contributed by atoms with van der Waals surface area (Å²) >= 11 is 0. The molecule has 0 N–H and O–H groups in total. The van der Waals surface area contributed by atoms with Crippen molar-refractivity contribution in [2.24, 2.45) is 18.9 Å². The Hall–Kier alpha value is -2.99. The van der Waals surface area contributed by atoms with Gasteiger partial charge in [-0.2, -0.15) is 0 Å². The highest BCUT2D eigenvalue weighted by atomic mass is 16.7. The highest BCUT2D eigenvalue weighted by molar-refractivity contribution is 5.87. The average Bonchev–Trinajstić information content (AvgIpc) is 3.23. The van der Waals surface area contributed by atoms with E-state index in [-0.39, 0.29) is 36.0 Å². The molecule has 32 heavy (non-hydrogen) atoms. The van der Waals surface area contributed by atoms with Gasteiger partial charge >= 0.3 is 0 Å². The van der Waals surface area contributed by atoms with E-state index in [0.29, 0.717) is 6.61 Å². The molecule has 1 aliphatic carbocycles. The fourth-order valence-corrected chi connectivity index (χ4v) is 6.34. The molecule has 1 fully saturated rings. The van der Waals surface area contributed by atoms with Gasteiger partial charge in [-0.3, -0.25) is 4.79 Å². The first kappa shape index (κ1) is 19.7. The summed E-state index contributed by atoms with van der Waals surface area (Å²) in [6.07, 6.45) is 0. The Morgan fingerprint density at radius 3 is 2.69 bits per heavy atom. The number of rotatable bonds is 3. The van der Waals surface area contributed by atoms with Crippen LogP contribution in [0.1, 0.15) is 36.8 Å². The van der Waals surface area contributed by atoms with E-state index in [9.17, 15) is 4.79 Å². The maximum Gasteiger partial charge on any atom is 0.258 e. The number of aryl methyl sites for hydroxylation is 1. The second-order valence-electron chi connectivity index (χ2n) is 9.64. The van der Waals surface area contributed by atoms with Crippen molar-refractivity contribution >= 4 is 10.9 Å². The fraction of sp³-hybridized carbons (Fsp3) is 0.423. The van der Waals surface area contributed by atoms with Gasteiger partial charge in [0.25, 0.3) is 5.56 Å². The second kappa shape index (κ2) is 6.75. The quantitative estimate of drug-likeness (QED) is 0.620. The summed E-state index contributed by atoms with van der Waals surface area (Å²) in [4.78, 5) is 13.7. The molecular formula is C26H27NO5. The van der Waals surface area contributed by atoms with Gasteiger partial charge in [-0.1, -0.05) is 18.2 Å². The van der Waals surface area contributed by atoms with Crippen LogP contribution in [0.15, 0.2) is 47.3 Å². The minimum Gasteiger partial charge on any atom is -0.486 e. The van der Waals surface area contributed by atoms with Crippen LogP contribution in [0.3, 0.4) is 0 Å². The van der Waals surface area contributed by atoms with Gasteiger partial charge in [0.1, 0.15) is 11.4 Å². The second-order valence-corrected chi connectivity index (χ2v) is 9.64. The number of ether oxygens (including phenoxy) is 4. The molecule has 0 bridgehead atoms. The van der Waals surface area contributed by atoms with Crippen molar-refractivity contribution in [2.45, 2.75) is 31.3 Å². The van der Waals surface area contributed by atoms with Gasteiger partial charge in [-0.15, -0.1) is 0 Å². The van der Waals surface area contributed by atoms with Crippen LogP contribution in [0, 0.1) is 11.8 Å². The minimum absolute atomic E-state index is 0.0193. The first-order valence-electron chi connectivity index (χ1n) is 11.1.